The summed E-state index contributed by atoms with van der Waals surface area (Å²) >= 11 is 0. The molecule has 1 fully saturated rings. The normalized spacial score (nSPS) is 15.4. The van der Waals surface area contributed by atoms with Gasteiger partial charge in [-0.15, -0.1) is 0 Å². The summed E-state index contributed by atoms with van der Waals surface area (Å²) in [5, 5.41) is 3.23. The lowest BCUT2D eigenvalue weighted by Gasteiger charge is -2.31. The van der Waals surface area contributed by atoms with Gasteiger partial charge in [0.1, 0.15) is 11.6 Å². The molecule has 3 heterocycles. The van der Waals surface area contributed by atoms with Crippen molar-refractivity contribution >= 4 is 17.5 Å². The van der Waals surface area contributed by atoms with E-state index in [4.69, 9.17) is 0 Å². The van der Waals surface area contributed by atoms with Gasteiger partial charge < -0.3 is 10.2 Å². The highest BCUT2D eigenvalue weighted by molar-refractivity contribution is 5.73. The number of amides is 1. The van der Waals surface area contributed by atoms with Crippen LogP contribution in [-0.2, 0) is 11.2 Å². The molecule has 0 radical (unpaired) electrons. The topological polar surface area (TPSA) is 58.1 Å². The first kappa shape index (κ1) is 15.5. The number of hydrogen-bond acceptors (Lipinski definition) is 4. The Morgan fingerprint density at radius 2 is 1.96 bits per heavy atom. The maximum absolute atomic E-state index is 11.4. The van der Waals surface area contributed by atoms with Gasteiger partial charge in [-0.3, -0.25) is 4.79 Å². The summed E-state index contributed by atoms with van der Waals surface area (Å²) in [6.45, 7) is 3.38. The second-order valence-electron chi connectivity index (χ2n) is 6.01. The molecule has 1 amide bonds. The zero-order valence-electron chi connectivity index (χ0n) is 13.4. The number of hydrogen-bond donors (Lipinski definition) is 1. The summed E-state index contributed by atoms with van der Waals surface area (Å²) in [4.78, 5) is 22.3. The van der Waals surface area contributed by atoms with E-state index in [-0.39, 0.29) is 5.91 Å². The van der Waals surface area contributed by atoms with Crippen molar-refractivity contribution in [3.63, 3.8) is 0 Å². The number of nitrogens with one attached hydrogen (secondary N) is 1. The molecule has 2 aromatic rings. The van der Waals surface area contributed by atoms with Crippen LogP contribution in [0.15, 0.2) is 42.6 Å². The van der Waals surface area contributed by atoms with Crippen LogP contribution in [0, 0.1) is 5.92 Å². The molecule has 5 nitrogen and oxygen atoms in total. The van der Waals surface area contributed by atoms with E-state index >= 15 is 0 Å². The van der Waals surface area contributed by atoms with E-state index in [1.807, 2.05) is 35.2 Å². The molecule has 0 saturated carbocycles. The molecule has 1 N–H and O–H groups in total. The van der Waals surface area contributed by atoms with E-state index in [9.17, 15) is 4.79 Å². The molecule has 0 unspecified atom stereocenters. The molecule has 120 valence electrons. The molecule has 5 heteroatoms. The summed E-state index contributed by atoms with van der Waals surface area (Å²) in [5.41, 5.74) is 1.09. The number of nitrogens with zero attached hydrogens (tertiary/aromatic N) is 3. The summed E-state index contributed by atoms with van der Waals surface area (Å²) in [5.74, 6) is 2.40. The Morgan fingerprint density at radius 3 is 2.65 bits per heavy atom. The first-order valence-corrected chi connectivity index (χ1v) is 8.10. The van der Waals surface area contributed by atoms with Crippen LogP contribution in [0.5, 0.6) is 0 Å². The number of likely N-dealkylation sites (tertiary alicyclic amines) is 1. The first-order chi connectivity index (χ1) is 11.2. The van der Waals surface area contributed by atoms with Crippen molar-refractivity contribution in [3.05, 3.63) is 48.3 Å². The molecule has 1 aliphatic rings. The van der Waals surface area contributed by atoms with Crippen LogP contribution >= 0.6 is 0 Å². The van der Waals surface area contributed by atoms with Crippen LogP contribution in [0.25, 0.3) is 0 Å². The summed E-state index contributed by atoms with van der Waals surface area (Å²) in [7, 11) is 0. The summed E-state index contributed by atoms with van der Waals surface area (Å²) < 4.78 is 0. The Kier molecular flexibility index (Phi) is 4.86. The fourth-order valence-corrected chi connectivity index (χ4v) is 2.98. The predicted molar refractivity (Wildman–Crippen MR) is 90.4 cm³/mol. The minimum absolute atomic E-state index is 0.183. The highest BCUT2D eigenvalue weighted by Crippen LogP contribution is 2.22. The van der Waals surface area contributed by atoms with Crippen LogP contribution < -0.4 is 5.32 Å². The number of piperidine rings is 1. The van der Waals surface area contributed by atoms with E-state index in [2.05, 4.69) is 21.4 Å². The zero-order chi connectivity index (χ0) is 16.1. The van der Waals surface area contributed by atoms with Crippen LogP contribution in [0.2, 0.25) is 0 Å². The number of anilines is 2. The molecule has 3 rings (SSSR count). The Balaban J connectivity index is 1.59. The second-order valence-corrected chi connectivity index (χ2v) is 6.01. The minimum Gasteiger partial charge on any atom is -0.343 e. The third-order valence-corrected chi connectivity index (χ3v) is 4.29. The van der Waals surface area contributed by atoms with Crippen LogP contribution in [0.4, 0.5) is 11.6 Å². The SMILES string of the molecule is CC(=O)N1CCC(Cc2cccc(Nc3ccccn3)n2)CC1. The number of pyridine rings is 2. The number of rotatable bonds is 4. The third-order valence-electron chi connectivity index (χ3n) is 4.29. The molecule has 0 aromatic carbocycles. The molecule has 1 aliphatic heterocycles. The van der Waals surface area contributed by atoms with Gasteiger partial charge in [0.15, 0.2) is 0 Å². The Morgan fingerprint density at radius 1 is 1.17 bits per heavy atom. The number of carbonyl (C=O) groups excluding carboxylic acids is 1. The van der Waals surface area contributed by atoms with Crippen molar-refractivity contribution in [2.24, 2.45) is 5.92 Å². The number of carbonyl (C=O) groups is 1. The largest absolute Gasteiger partial charge is 0.343 e. The van der Waals surface area contributed by atoms with Gasteiger partial charge in [-0.2, -0.15) is 0 Å². The van der Waals surface area contributed by atoms with Gasteiger partial charge >= 0.3 is 0 Å². The van der Waals surface area contributed by atoms with Crippen molar-refractivity contribution in [2.75, 3.05) is 18.4 Å². The standard InChI is InChI=1S/C18H22N4O/c1-14(23)22-11-8-15(9-12-22)13-16-5-4-7-18(20-16)21-17-6-2-3-10-19-17/h2-7,10,15H,8-9,11-13H2,1H3,(H,19,20,21). The lowest BCUT2D eigenvalue weighted by atomic mass is 9.92. The van der Waals surface area contributed by atoms with Gasteiger partial charge in [0, 0.05) is 31.9 Å². The minimum atomic E-state index is 0.183. The fourth-order valence-electron chi connectivity index (χ4n) is 2.98. The Bertz CT molecular complexity index is 651. The monoisotopic (exact) mass is 310 g/mol. The van der Waals surface area contributed by atoms with Gasteiger partial charge in [0.2, 0.25) is 5.91 Å². The molecular weight excluding hydrogens is 288 g/mol. The van der Waals surface area contributed by atoms with Crippen molar-refractivity contribution in [1.82, 2.24) is 14.9 Å². The van der Waals surface area contributed by atoms with E-state index in [0.717, 1.165) is 49.7 Å². The summed E-state index contributed by atoms with van der Waals surface area (Å²) in [6.07, 6.45) is 4.83. The van der Waals surface area contributed by atoms with Crippen molar-refractivity contribution in [1.29, 1.82) is 0 Å². The van der Waals surface area contributed by atoms with E-state index < -0.39 is 0 Å². The predicted octanol–water partition coefficient (Wildman–Crippen LogP) is 3.02. The van der Waals surface area contributed by atoms with Gasteiger partial charge in [0.05, 0.1) is 0 Å². The number of aromatic nitrogens is 2. The molecule has 0 atom stereocenters. The lowest BCUT2D eigenvalue weighted by molar-refractivity contribution is -0.130. The average Bonchev–Trinajstić information content (AvgIpc) is 2.57. The van der Waals surface area contributed by atoms with E-state index in [1.54, 1.807) is 13.1 Å². The zero-order valence-corrected chi connectivity index (χ0v) is 13.4. The van der Waals surface area contributed by atoms with Gasteiger partial charge in [-0.05, 0) is 49.4 Å². The molecule has 0 spiro atoms. The average molecular weight is 310 g/mol. The molecule has 0 bridgehead atoms. The van der Waals surface area contributed by atoms with Crippen LogP contribution in [0.1, 0.15) is 25.5 Å². The van der Waals surface area contributed by atoms with Crippen molar-refractivity contribution in [2.45, 2.75) is 26.2 Å². The van der Waals surface area contributed by atoms with Gasteiger partial charge in [-0.1, -0.05) is 12.1 Å². The Hall–Kier alpha value is -2.43. The second kappa shape index (κ2) is 7.22. The Labute approximate surface area is 136 Å². The third kappa shape index (κ3) is 4.28. The smallest absolute Gasteiger partial charge is 0.219 e. The molecule has 2 aromatic heterocycles. The van der Waals surface area contributed by atoms with Gasteiger partial charge in [-0.25, -0.2) is 9.97 Å². The highest BCUT2D eigenvalue weighted by atomic mass is 16.2. The maximum atomic E-state index is 11.4. The molecule has 23 heavy (non-hydrogen) atoms. The van der Waals surface area contributed by atoms with Crippen LogP contribution in [0.3, 0.4) is 0 Å². The van der Waals surface area contributed by atoms with E-state index in [0.29, 0.717) is 5.92 Å². The van der Waals surface area contributed by atoms with Crippen molar-refractivity contribution < 1.29 is 4.79 Å². The first-order valence-electron chi connectivity index (χ1n) is 8.10. The van der Waals surface area contributed by atoms with Crippen LogP contribution in [-0.4, -0.2) is 33.9 Å². The maximum Gasteiger partial charge on any atom is 0.219 e. The molecule has 0 aliphatic carbocycles. The fraction of sp³-hybridized carbons (Fsp3) is 0.389. The van der Waals surface area contributed by atoms with Gasteiger partial charge in [0.25, 0.3) is 0 Å². The molecular formula is C18H22N4O. The molecule has 1 saturated heterocycles. The summed E-state index contributed by atoms with van der Waals surface area (Å²) in [6, 6.07) is 11.8. The van der Waals surface area contributed by atoms with Crippen molar-refractivity contribution in [3.8, 4) is 0 Å². The highest BCUT2D eigenvalue weighted by Gasteiger charge is 2.21. The van der Waals surface area contributed by atoms with E-state index in [1.165, 1.54) is 0 Å². The quantitative estimate of drug-likeness (QED) is 0.943. The lowest BCUT2D eigenvalue weighted by Crippen LogP contribution is -2.37.